The molecule has 7 N–H and O–H groups in total. The third-order valence-corrected chi connectivity index (χ3v) is 2.94. The fraction of sp³-hybridized carbons (Fsp3) is 0. The Bertz CT molecular complexity index is 842. The molecule has 0 saturated carbocycles. The number of hydrogen-bond donors (Lipinski definition) is 7. The number of phenols is 6. The monoisotopic (exact) mass is 756 g/mol. The first kappa shape index (κ1) is 23.9. The van der Waals surface area contributed by atoms with Crippen LogP contribution in [0.5, 0.6) is 40.2 Å². The van der Waals surface area contributed by atoms with E-state index in [1.807, 2.05) is 0 Å². The van der Waals surface area contributed by atoms with Crippen molar-refractivity contribution in [1.82, 2.24) is 0 Å². The van der Waals surface area contributed by atoms with E-state index in [9.17, 15) is 40.2 Å². The van der Waals surface area contributed by atoms with Crippen LogP contribution in [-0.2, 0) is 0 Å². The molecule has 0 unspecified atom stereocenters. The predicted octanol–water partition coefficient (Wildman–Crippen LogP) is 0.0760. The van der Waals surface area contributed by atoms with Gasteiger partial charge >= 0.3 is 11.9 Å². The zero-order valence-electron chi connectivity index (χ0n) is 12.5. The Labute approximate surface area is 183 Å². The van der Waals surface area contributed by atoms with E-state index in [1.54, 1.807) is 0 Å². The molecule has 0 aliphatic rings. The standard InChI is InChI=1S/C14H10O10.2Bi/c15-6-1-4(2-7(16)9(6)18)14(23)24-12-5(13(21)22)3-8(17)10(19)11(12)20;;/h1-3,15-20H,(H,21,22);;. The number of carbonyl (C=O) groups excluding carboxylic acids is 1. The van der Waals surface area contributed by atoms with Crippen molar-refractivity contribution in [3.05, 3.63) is 29.3 Å². The second kappa shape index (κ2) is 9.05. The Kier molecular flexibility index (Phi) is 8.33. The number of phenolic OH excluding ortho intramolecular Hbond substituents is 6. The molecular formula is C14H10Bi2O10. The van der Waals surface area contributed by atoms with Gasteiger partial charge < -0.3 is 40.5 Å². The SMILES string of the molecule is O=C(Oc1c(C(=O)O)cc(O)c(O)c1O)c1cc(O)c(O)c(O)c1.[Bi].[Bi]. The minimum Gasteiger partial charge on any atom is -0.504 e. The van der Waals surface area contributed by atoms with Gasteiger partial charge in [0.05, 0.1) is 5.56 Å². The second-order valence-corrected chi connectivity index (χ2v) is 4.53. The fourth-order valence-corrected chi connectivity index (χ4v) is 1.76. The quantitative estimate of drug-likeness (QED) is 0.0980. The van der Waals surface area contributed by atoms with Crippen molar-refractivity contribution in [1.29, 1.82) is 0 Å². The van der Waals surface area contributed by atoms with Crippen LogP contribution in [0.2, 0.25) is 0 Å². The van der Waals surface area contributed by atoms with Gasteiger partial charge in [-0.05, 0) is 12.1 Å². The summed E-state index contributed by atoms with van der Waals surface area (Å²) in [6.45, 7) is 0. The van der Waals surface area contributed by atoms with Crippen LogP contribution < -0.4 is 4.74 Å². The van der Waals surface area contributed by atoms with Crippen LogP contribution in [0.25, 0.3) is 0 Å². The molecule has 2 rings (SSSR count). The Hall–Kier alpha value is -2.05. The Morgan fingerprint density at radius 1 is 0.731 bits per heavy atom. The van der Waals surface area contributed by atoms with Gasteiger partial charge in [-0.15, -0.1) is 0 Å². The van der Waals surface area contributed by atoms with E-state index in [0.29, 0.717) is 6.07 Å². The van der Waals surface area contributed by atoms with Crippen LogP contribution in [0.3, 0.4) is 0 Å². The van der Waals surface area contributed by atoms with E-state index in [-0.39, 0.29) is 52.4 Å². The van der Waals surface area contributed by atoms with Gasteiger partial charge in [0.1, 0.15) is 5.56 Å². The van der Waals surface area contributed by atoms with E-state index in [1.165, 1.54) is 0 Å². The molecule has 2 aromatic carbocycles. The summed E-state index contributed by atoms with van der Waals surface area (Å²) in [5.41, 5.74) is -1.32. The molecule has 0 saturated heterocycles. The minimum absolute atomic E-state index is 0. The van der Waals surface area contributed by atoms with Gasteiger partial charge in [0, 0.05) is 58.5 Å². The smallest absolute Gasteiger partial charge is 0.343 e. The van der Waals surface area contributed by atoms with Gasteiger partial charge in [0.25, 0.3) is 0 Å². The minimum atomic E-state index is -1.68. The van der Waals surface area contributed by atoms with Gasteiger partial charge in [0.2, 0.25) is 11.5 Å². The van der Waals surface area contributed by atoms with E-state index in [4.69, 9.17) is 5.11 Å². The average molecular weight is 756 g/mol. The number of carbonyl (C=O) groups is 2. The summed E-state index contributed by atoms with van der Waals surface area (Å²) in [7, 11) is 0. The van der Waals surface area contributed by atoms with E-state index >= 15 is 0 Å². The van der Waals surface area contributed by atoms with Crippen LogP contribution in [0.4, 0.5) is 0 Å². The topological polar surface area (TPSA) is 185 Å². The molecule has 6 radical (unpaired) electrons. The first-order chi connectivity index (χ1) is 11.1. The maximum absolute atomic E-state index is 12.0. The van der Waals surface area contributed by atoms with Gasteiger partial charge in [0.15, 0.2) is 28.7 Å². The van der Waals surface area contributed by atoms with Crippen LogP contribution in [0.1, 0.15) is 20.7 Å². The molecule has 2 aromatic rings. The summed E-state index contributed by atoms with van der Waals surface area (Å²) in [6, 6.07) is 1.98. The first-order valence-corrected chi connectivity index (χ1v) is 6.11. The molecule has 10 nitrogen and oxygen atoms in total. The molecule has 0 amide bonds. The molecule has 0 aliphatic heterocycles. The maximum atomic E-state index is 12.0. The number of aromatic hydroxyl groups is 6. The van der Waals surface area contributed by atoms with E-state index in [2.05, 4.69) is 4.74 Å². The largest absolute Gasteiger partial charge is 0.504 e. The van der Waals surface area contributed by atoms with Crippen molar-refractivity contribution in [2.24, 2.45) is 0 Å². The zero-order valence-corrected chi connectivity index (χ0v) is 19.4. The summed E-state index contributed by atoms with van der Waals surface area (Å²) < 4.78 is 4.66. The number of hydrogen-bond acceptors (Lipinski definition) is 9. The van der Waals surface area contributed by atoms with Gasteiger partial charge in [-0.2, -0.15) is 0 Å². The molecule has 0 bridgehead atoms. The van der Waals surface area contributed by atoms with Crippen molar-refractivity contribution in [2.45, 2.75) is 0 Å². The number of rotatable bonds is 3. The molecule has 0 aromatic heterocycles. The van der Waals surface area contributed by atoms with Crippen LogP contribution in [-0.4, -0.2) is 100 Å². The molecular weight excluding hydrogens is 746 g/mol. The third kappa shape index (κ3) is 4.56. The van der Waals surface area contributed by atoms with Crippen molar-refractivity contribution in [2.75, 3.05) is 0 Å². The van der Waals surface area contributed by atoms with Gasteiger partial charge in [-0.3, -0.25) is 0 Å². The van der Waals surface area contributed by atoms with Crippen LogP contribution in [0, 0.1) is 0 Å². The number of carboxylic acid groups (broad SMARTS) is 1. The summed E-state index contributed by atoms with van der Waals surface area (Å²) in [5, 5.41) is 65.3. The van der Waals surface area contributed by atoms with Gasteiger partial charge in [-0.1, -0.05) is 0 Å². The number of esters is 1. The maximum Gasteiger partial charge on any atom is 0.343 e. The molecule has 0 fully saturated rings. The number of carboxylic acids is 1. The van der Waals surface area contributed by atoms with Gasteiger partial charge in [-0.25, -0.2) is 9.59 Å². The van der Waals surface area contributed by atoms with Crippen LogP contribution in [0.15, 0.2) is 18.2 Å². The summed E-state index contributed by atoms with van der Waals surface area (Å²) in [4.78, 5) is 23.1. The van der Waals surface area contributed by atoms with Crippen molar-refractivity contribution in [3.8, 4) is 40.2 Å². The second-order valence-electron chi connectivity index (χ2n) is 4.53. The van der Waals surface area contributed by atoms with E-state index < -0.39 is 63.3 Å². The first-order valence-electron chi connectivity index (χ1n) is 6.11. The Morgan fingerprint density at radius 3 is 1.65 bits per heavy atom. The molecule has 136 valence electrons. The predicted molar refractivity (Wildman–Crippen MR) is 86.3 cm³/mol. The summed E-state index contributed by atoms with van der Waals surface area (Å²) >= 11 is 0. The molecule has 0 atom stereocenters. The molecule has 26 heavy (non-hydrogen) atoms. The number of ether oxygens (including phenoxy) is 1. The summed E-state index contributed by atoms with van der Waals surface area (Å²) in [5.74, 6) is -9.82. The third-order valence-electron chi connectivity index (χ3n) is 2.94. The summed E-state index contributed by atoms with van der Waals surface area (Å²) in [6.07, 6.45) is 0. The Balaban J connectivity index is 0.00000312. The normalized spacial score (nSPS) is 9.54. The van der Waals surface area contributed by atoms with Crippen molar-refractivity contribution in [3.63, 3.8) is 0 Å². The number of aromatic carboxylic acids is 1. The molecule has 0 spiro atoms. The molecule has 0 heterocycles. The number of benzene rings is 2. The van der Waals surface area contributed by atoms with Crippen molar-refractivity contribution >= 4 is 64.3 Å². The fourth-order valence-electron chi connectivity index (χ4n) is 1.76. The van der Waals surface area contributed by atoms with Crippen molar-refractivity contribution < 1.29 is 50.1 Å². The van der Waals surface area contributed by atoms with E-state index in [0.717, 1.165) is 12.1 Å². The average Bonchev–Trinajstić information content (AvgIpc) is 2.51. The zero-order chi connectivity index (χ0) is 18.2. The molecule has 12 heteroatoms. The molecule has 0 aliphatic carbocycles. The Morgan fingerprint density at radius 2 is 1.19 bits per heavy atom. The van der Waals surface area contributed by atoms with Crippen LogP contribution >= 0.6 is 0 Å².